The van der Waals surface area contributed by atoms with Gasteiger partial charge in [-0.05, 0) is 43.5 Å². The summed E-state index contributed by atoms with van der Waals surface area (Å²) >= 11 is 0. The van der Waals surface area contributed by atoms with Gasteiger partial charge in [0.25, 0.3) is 0 Å². The van der Waals surface area contributed by atoms with Crippen molar-refractivity contribution in [1.82, 2.24) is 5.32 Å². The molecule has 1 amide bonds. The van der Waals surface area contributed by atoms with Gasteiger partial charge in [0.2, 0.25) is 5.91 Å². The van der Waals surface area contributed by atoms with Crippen molar-refractivity contribution in [2.45, 2.75) is 38.6 Å². The van der Waals surface area contributed by atoms with Crippen molar-refractivity contribution >= 4 is 11.6 Å². The van der Waals surface area contributed by atoms with Gasteiger partial charge in [-0.2, -0.15) is 0 Å². The number of para-hydroxylation sites is 1. The number of amides is 1. The lowest BCUT2D eigenvalue weighted by molar-refractivity contribution is -0.120. The first kappa shape index (κ1) is 12.7. The van der Waals surface area contributed by atoms with E-state index in [2.05, 4.69) is 36.2 Å². The smallest absolute Gasteiger partial charge is 0.234 e. The number of benzene rings is 1. The average molecular weight is 258 g/mol. The zero-order chi connectivity index (χ0) is 13.4. The fourth-order valence-electron chi connectivity index (χ4n) is 3.54. The lowest BCUT2D eigenvalue weighted by Gasteiger charge is -2.37. The molecule has 1 saturated heterocycles. The molecular weight excluding hydrogens is 236 g/mol. The topological polar surface area (TPSA) is 32.3 Å². The molecule has 1 aromatic rings. The normalized spacial score (nSPS) is 30.5. The van der Waals surface area contributed by atoms with E-state index < -0.39 is 0 Å². The number of hydrogen-bond donors (Lipinski definition) is 1. The van der Waals surface area contributed by atoms with Crippen LogP contribution >= 0.6 is 0 Å². The second-order valence-electron chi connectivity index (χ2n) is 5.77. The molecule has 0 radical (unpaired) electrons. The van der Waals surface area contributed by atoms with E-state index in [0.717, 1.165) is 31.6 Å². The number of anilines is 1. The second-order valence-corrected chi connectivity index (χ2v) is 5.77. The molecule has 19 heavy (non-hydrogen) atoms. The summed E-state index contributed by atoms with van der Waals surface area (Å²) in [5, 5.41) is 3.41. The number of nitrogens with one attached hydrogen (secondary N) is 1. The van der Waals surface area contributed by atoms with Crippen molar-refractivity contribution in [3.8, 4) is 0 Å². The van der Waals surface area contributed by atoms with Crippen LogP contribution in [0, 0.1) is 5.92 Å². The summed E-state index contributed by atoms with van der Waals surface area (Å²) < 4.78 is 0. The van der Waals surface area contributed by atoms with E-state index in [9.17, 15) is 4.79 Å². The standard InChI is InChI=1S/C16H22N2O/c1-3-12-13-6-4-5-7-15(13)18(16(12)19)14-8-9-17-10-11(14)2/h4-7,11-12,14,17H,3,8-10H2,1-2H3. The Morgan fingerprint density at radius 3 is 2.89 bits per heavy atom. The molecule has 0 aliphatic carbocycles. The molecule has 2 heterocycles. The maximum absolute atomic E-state index is 12.7. The highest BCUT2D eigenvalue weighted by Crippen LogP contribution is 2.41. The largest absolute Gasteiger partial charge is 0.316 e. The molecule has 0 saturated carbocycles. The van der Waals surface area contributed by atoms with Gasteiger partial charge in [-0.25, -0.2) is 0 Å². The summed E-state index contributed by atoms with van der Waals surface area (Å²) in [6, 6.07) is 8.67. The van der Waals surface area contributed by atoms with E-state index in [1.165, 1.54) is 5.56 Å². The SMILES string of the molecule is CCC1C(=O)N(C2CCNCC2C)c2ccccc21. The monoisotopic (exact) mass is 258 g/mol. The lowest BCUT2D eigenvalue weighted by Crippen LogP contribution is -2.50. The summed E-state index contributed by atoms with van der Waals surface area (Å²) in [5.41, 5.74) is 2.37. The number of nitrogens with zero attached hydrogens (tertiary/aromatic N) is 1. The number of hydrogen-bond acceptors (Lipinski definition) is 2. The maximum atomic E-state index is 12.7. The predicted octanol–water partition coefficient (Wildman–Crippen LogP) is 2.52. The Morgan fingerprint density at radius 2 is 2.16 bits per heavy atom. The molecule has 102 valence electrons. The summed E-state index contributed by atoms with van der Waals surface area (Å²) in [7, 11) is 0. The van der Waals surface area contributed by atoms with E-state index in [4.69, 9.17) is 0 Å². The number of rotatable bonds is 2. The molecule has 3 unspecified atom stereocenters. The quantitative estimate of drug-likeness (QED) is 0.884. The molecule has 2 aliphatic heterocycles. The first-order valence-electron chi connectivity index (χ1n) is 7.36. The van der Waals surface area contributed by atoms with Gasteiger partial charge in [0.1, 0.15) is 0 Å². The molecule has 3 rings (SSSR count). The van der Waals surface area contributed by atoms with E-state index in [1.807, 2.05) is 12.1 Å². The molecule has 0 bridgehead atoms. The molecule has 3 atom stereocenters. The third-order valence-corrected chi connectivity index (χ3v) is 4.59. The van der Waals surface area contributed by atoms with Gasteiger partial charge in [-0.15, -0.1) is 0 Å². The van der Waals surface area contributed by atoms with Gasteiger partial charge in [0, 0.05) is 11.7 Å². The molecule has 1 fully saturated rings. The van der Waals surface area contributed by atoms with Crippen LogP contribution in [0.25, 0.3) is 0 Å². The first-order chi connectivity index (χ1) is 9.24. The van der Waals surface area contributed by atoms with Gasteiger partial charge in [-0.1, -0.05) is 32.0 Å². The number of carbonyl (C=O) groups excluding carboxylic acids is 1. The Balaban J connectivity index is 1.99. The van der Waals surface area contributed by atoms with Crippen LogP contribution in [-0.4, -0.2) is 25.0 Å². The van der Waals surface area contributed by atoms with E-state index in [-0.39, 0.29) is 5.92 Å². The van der Waals surface area contributed by atoms with Gasteiger partial charge < -0.3 is 10.2 Å². The molecule has 3 nitrogen and oxygen atoms in total. The van der Waals surface area contributed by atoms with Crippen molar-refractivity contribution in [3.63, 3.8) is 0 Å². The summed E-state index contributed by atoms with van der Waals surface area (Å²) in [4.78, 5) is 14.8. The zero-order valence-corrected chi connectivity index (χ0v) is 11.7. The van der Waals surface area contributed by atoms with Gasteiger partial charge in [0.05, 0.1) is 5.92 Å². The molecule has 3 heteroatoms. The van der Waals surface area contributed by atoms with Crippen LogP contribution in [0.15, 0.2) is 24.3 Å². The Kier molecular flexibility index (Phi) is 3.31. The Hall–Kier alpha value is -1.35. The number of carbonyl (C=O) groups is 1. The zero-order valence-electron chi connectivity index (χ0n) is 11.7. The second kappa shape index (κ2) is 4.97. The van der Waals surface area contributed by atoms with E-state index in [1.54, 1.807) is 0 Å². The van der Waals surface area contributed by atoms with Crippen molar-refractivity contribution in [2.75, 3.05) is 18.0 Å². The highest BCUT2D eigenvalue weighted by Gasteiger charge is 2.41. The first-order valence-corrected chi connectivity index (χ1v) is 7.36. The molecule has 2 aliphatic rings. The van der Waals surface area contributed by atoms with Crippen molar-refractivity contribution < 1.29 is 4.79 Å². The number of piperidine rings is 1. The van der Waals surface area contributed by atoms with Crippen LogP contribution in [0.1, 0.15) is 38.2 Å². The molecule has 0 spiro atoms. The van der Waals surface area contributed by atoms with E-state index in [0.29, 0.717) is 17.9 Å². The molecule has 1 aromatic carbocycles. The van der Waals surface area contributed by atoms with Crippen LogP contribution < -0.4 is 10.2 Å². The molecule has 0 aromatic heterocycles. The average Bonchev–Trinajstić information content (AvgIpc) is 2.71. The maximum Gasteiger partial charge on any atom is 0.234 e. The Morgan fingerprint density at radius 1 is 1.37 bits per heavy atom. The van der Waals surface area contributed by atoms with Crippen LogP contribution in [0.5, 0.6) is 0 Å². The summed E-state index contributed by atoms with van der Waals surface area (Å²) in [6.07, 6.45) is 1.95. The minimum atomic E-state index is 0.0679. The fraction of sp³-hybridized carbons (Fsp3) is 0.562. The van der Waals surface area contributed by atoms with E-state index >= 15 is 0 Å². The van der Waals surface area contributed by atoms with Crippen molar-refractivity contribution in [3.05, 3.63) is 29.8 Å². The van der Waals surface area contributed by atoms with Gasteiger partial charge in [0.15, 0.2) is 0 Å². The highest BCUT2D eigenvalue weighted by molar-refractivity contribution is 6.05. The van der Waals surface area contributed by atoms with Gasteiger partial charge >= 0.3 is 0 Å². The summed E-state index contributed by atoms with van der Waals surface area (Å²) in [5.74, 6) is 0.891. The predicted molar refractivity (Wildman–Crippen MR) is 77.4 cm³/mol. The van der Waals surface area contributed by atoms with Crippen molar-refractivity contribution in [1.29, 1.82) is 0 Å². The van der Waals surface area contributed by atoms with Crippen LogP contribution in [0.2, 0.25) is 0 Å². The van der Waals surface area contributed by atoms with Crippen LogP contribution in [0.3, 0.4) is 0 Å². The number of fused-ring (bicyclic) bond motifs is 1. The molecular formula is C16H22N2O. The lowest BCUT2D eigenvalue weighted by atomic mass is 9.93. The van der Waals surface area contributed by atoms with Crippen molar-refractivity contribution in [2.24, 2.45) is 5.92 Å². The highest BCUT2D eigenvalue weighted by atomic mass is 16.2. The minimum absolute atomic E-state index is 0.0679. The Labute approximate surface area is 115 Å². The van der Waals surface area contributed by atoms with Gasteiger partial charge in [-0.3, -0.25) is 4.79 Å². The summed E-state index contributed by atoms with van der Waals surface area (Å²) in [6.45, 7) is 6.37. The third kappa shape index (κ3) is 1.96. The van der Waals surface area contributed by atoms with Crippen LogP contribution in [-0.2, 0) is 4.79 Å². The molecule has 1 N–H and O–H groups in total. The third-order valence-electron chi connectivity index (χ3n) is 4.59. The van der Waals surface area contributed by atoms with Crippen LogP contribution in [0.4, 0.5) is 5.69 Å². The Bertz CT molecular complexity index is 485. The fourth-order valence-corrected chi connectivity index (χ4v) is 3.54. The minimum Gasteiger partial charge on any atom is -0.316 e.